The maximum absolute atomic E-state index is 6.31. The van der Waals surface area contributed by atoms with E-state index in [4.69, 9.17) is 9.16 Å². The highest BCUT2D eigenvalue weighted by Gasteiger charge is 2.21. The predicted octanol–water partition coefficient (Wildman–Crippen LogP) is 3.47. The number of aryl methyl sites for hydroxylation is 1. The summed E-state index contributed by atoms with van der Waals surface area (Å²) in [4.78, 5) is 0. The first-order valence-electron chi connectivity index (χ1n) is 7.11. The first-order valence-corrected chi connectivity index (χ1v) is 8.98. The second-order valence-corrected chi connectivity index (χ2v) is 7.40. The van der Waals surface area contributed by atoms with Crippen LogP contribution in [0.5, 0.6) is 5.75 Å². The van der Waals surface area contributed by atoms with Crippen LogP contribution < -0.4 is 9.61 Å². The minimum absolute atomic E-state index is 0.773. The van der Waals surface area contributed by atoms with E-state index in [2.05, 4.69) is 38.6 Å². The standard InChI is InChI=1S/C18H22O2Si/c1-14-9-8-12-18(16(14)3)21(13-15(2)19-4)20-17-10-6-5-7-11-17/h5-12,21H,2,13H2,1,3-4H3. The van der Waals surface area contributed by atoms with E-state index in [-0.39, 0.29) is 0 Å². The van der Waals surface area contributed by atoms with Gasteiger partial charge in [-0.1, -0.05) is 43.0 Å². The molecule has 2 rings (SSSR count). The third kappa shape index (κ3) is 3.98. The lowest BCUT2D eigenvalue weighted by Crippen LogP contribution is -2.39. The molecular formula is C18H22O2Si. The van der Waals surface area contributed by atoms with E-state index < -0.39 is 9.04 Å². The molecule has 2 aromatic rings. The van der Waals surface area contributed by atoms with Gasteiger partial charge in [0.25, 0.3) is 9.04 Å². The van der Waals surface area contributed by atoms with Crippen LogP contribution >= 0.6 is 0 Å². The minimum Gasteiger partial charge on any atom is -0.541 e. The zero-order chi connectivity index (χ0) is 15.2. The summed E-state index contributed by atoms with van der Waals surface area (Å²) in [5, 5.41) is 1.32. The first kappa shape index (κ1) is 15.4. The molecule has 0 aromatic heterocycles. The topological polar surface area (TPSA) is 18.5 Å². The molecule has 0 heterocycles. The van der Waals surface area contributed by atoms with Crippen LogP contribution in [-0.2, 0) is 4.74 Å². The van der Waals surface area contributed by atoms with Crippen LogP contribution in [0.4, 0.5) is 0 Å². The van der Waals surface area contributed by atoms with Crippen molar-refractivity contribution in [2.24, 2.45) is 0 Å². The number of rotatable bonds is 6. The molecule has 0 saturated heterocycles. The molecule has 1 atom stereocenters. The summed E-state index contributed by atoms with van der Waals surface area (Å²) in [7, 11) is -0.0201. The third-order valence-corrected chi connectivity index (χ3v) is 6.42. The molecule has 0 aliphatic heterocycles. The normalized spacial score (nSPS) is 11.8. The second kappa shape index (κ2) is 7.13. The Kier molecular flexibility index (Phi) is 5.23. The summed E-state index contributed by atoms with van der Waals surface area (Å²) in [5.41, 5.74) is 2.61. The lowest BCUT2D eigenvalue weighted by molar-refractivity contribution is 0.293. The van der Waals surface area contributed by atoms with Gasteiger partial charge in [0.15, 0.2) is 0 Å². The van der Waals surface area contributed by atoms with Crippen LogP contribution in [0.25, 0.3) is 0 Å². The number of methoxy groups -OCH3 is 1. The maximum atomic E-state index is 6.31. The van der Waals surface area contributed by atoms with E-state index in [1.54, 1.807) is 7.11 Å². The zero-order valence-electron chi connectivity index (χ0n) is 12.9. The molecule has 21 heavy (non-hydrogen) atoms. The number of ether oxygens (including phenoxy) is 1. The van der Waals surface area contributed by atoms with Crippen LogP contribution in [0.1, 0.15) is 11.1 Å². The smallest absolute Gasteiger partial charge is 0.274 e. The molecule has 3 heteroatoms. The molecular weight excluding hydrogens is 276 g/mol. The van der Waals surface area contributed by atoms with Crippen LogP contribution in [0, 0.1) is 13.8 Å². The third-order valence-electron chi connectivity index (χ3n) is 3.72. The Hall–Kier alpha value is -2.00. The van der Waals surface area contributed by atoms with Gasteiger partial charge in [0, 0.05) is 6.04 Å². The van der Waals surface area contributed by atoms with Gasteiger partial charge in [0.05, 0.1) is 12.9 Å². The van der Waals surface area contributed by atoms with Gasteiger partial charge in [-0.3, -0.25) is 0 Å². The molecule has 0 aliphatic carbocycles. The molecule has 1 unspecified atom stereocenters. The fourth-order valence-corrected chi connectivity index (χ4v) is 4.82. The van der Waals surface area contributed by atoms with Crippen molar-refractivity contribution in [1.29, 1.82) is 0 Å². The summed E-state index contributed by atoms with van der Waals surface area (Å²) in [6.07, 6.45) is 0. The summed E-state index contributed by atoms with van der Waals surface area (Å²) < 4.78 is 11.6. The van der Waals surface area contributed by atoms with E-state index in [0.29, 0.717) is 0 Å². The molecule has 0 amide bonds. The molecule has 0 spiro atoms. The van der Waals surface area contributed by atoms with Crippen LogP contribution in [0.2, 0.25) is 6.04 Å². The first-order chi connectivity index (χ1) is 10.1. The van der Waals surface area contributed by atoms with Gasteiger partial charge in [0.2, 0.25) is 0 Å². The van der Waals surface area contributed by atoms with E-state index in [9.17, 15) is 0 Å². The Morgan fingerprint density at radius 2 is 1.76 bits per heavy atom. The molecule has 110 valence electrons. The van der Waals surface area contributed by atoms with Gasteiger partial charge in [-0.15, -0.1) is 0 Å². The Bertz CT molecular complexity index is 608. The average molecular weight is 298 g/mol. The highest BCUT2D eigenvalue weighted by atomic mass is 28.3. The van der Waals surface area contributed by atoms with Crippen molar-refractivity contribution in [2.75, 3.05) is 7.11 Å². The van der Waals surface area contributed by atoms with Crippen molar-refractivity contribution in [3.05, 3.63) is 72.0 Å². The summed E-state index contributed by atoms with van der Waals surface area (Å²) in [6.45, 7) is 8.26. The fourth-order valence-electron chi connectivity index (χ4n) is 2.29. The van der Waals surface area contributed by atoms with Crippen molar-refractivity contribution < 1.29 is 9.16 Å². The van der Waals surface area contributed by atoms with Crippen molar-refractivity contribution in [3.8, 4) is 5.75 Å². The second-order valence-electron chi connectivity index (χ2n) is 5.16. The molecule has 2 aromatic carbocycles. The minimum atomic E-state index is -1.69. The fraction of sp³-hybridized carbons (Fsp3) is 0.222. The summed E-state index contributed by atoms with van der Waals surface area (Å²) in [6, 6.07) is 17.2. The highest BCUT2D eigenvalue weighted by molar-refractivity contribution is 6.69. The van der Waals surface area contributed by atoms with Gasteiger partial charge < -0.3 is 9.16 Å². The highest BCUT2D eigenvalue weighted by Crippen LogP contribution is 2.16. The monoisotopic (exact) mass is 298 g/mol. The Balaban J connectivity index is 2.31. The summed E-state index contributed by atoms with van der Waals surface area (Å²) >= 11 is 0. The quantitative estimate of drug-likeness (QED) is 0.600. The Morgan fingerprint density at radius 3 is 2.43 bits per heavy atom. The maximum Gasteiger partial charge on any atom is 0.274 e. The average Bonchev–Trinajstić information content (AvgIpc) is 2.50. The number of para-hydroxylation sites is 1. The van der Waals surface area contributed by atoms with Crippen LogP contribution in [0.15, 0.2) is 60.9 Å². The Morgan fingerprint density at radius 1 is 1.05 bits per heavy atom. The molecule has 0 fully saturated rings. The van der Waals surface area contributed by atoms with Crippen molar-refractivity contribution in [2.45, 2.75) is 19.9 Å². The number of hydrogen-bond donors (Lipinski definition) is 0. The molecule has 0 saturated carbocycles. The van der Waals surface area contributed by atoms with E-state index >= 15 is 0 Å². The SMILES string of the molecule is C=C(C[SiH](Oc1ccccc1)c1cccc(C)c1C)OC. The van der Waals surface area contributed by atoms with Crippen molar-refractivity contribution >= 4 is 14.2 Å². The zero-order valence-corrected chi connectivity index (χ0v) is 14.1. The summed E-state index contributed by atoms with van der Waals surface area (Å²) in [5.74, 6) is 1.70. The molecule has 0 N–H and O–H groups in total. The number of benzene rings is 2. The van der Waals surface area contributed by atoms with Gasteiger partial charge in [-0.2, -0.15) is 0 Å². The van der Waals surface area contributed by atoms with Crippen molar-refractivity contribution in [3.63, 3.8) is 0 Å². The van der Waals surface area contributed by atoms with Crippen LogP contribution in [0.3, 0.4) is 0 Å². The molecule has 0 aliphatic rings. The van der Waals surface area contributed by atoms with Crippen LogP contribution in [-0.4, -0.2) is 16.2 Å². The van der Waals surface area contributed by atoms with E-state index in [1.165, 1.54) is 16.3 Å². The molecule has 0 radical (unpaired) electrons. The van der Waals surface area contributed by atoms with E-state index in [1.807, 2.05) is 30.3 Å². The Labute approximate surface area is 128 Å². The van der Waals surface area contributed by atoms with E-state index in [0.717, 1.165) is 17.6 Å². The lowest BCUT2D eigenvalue weighted by Gasteiger charge is -2.21. The largest absolute Gasteiger partial charge is 0.541 e. The van der Waals surface area contributed by atoms with Gasteiger partial charge in [0.1, 0.15) is 5.75 Å². The van der Waals surface area contributed by atoms with Gasteiger partial charge >= 0.3 is 0 Å². The number of hydrogen-bond acceptors (Lipinski definition) is 2. The number of allylic oxidation sites excluding steroid dienone is 1. The van der Waals surface area contributed by atoms with Crippen molar-refractivity contribution in [1.82, 2.24) is 0 Å². The predicted molar refractivity (Wildman–Crippen MR) is 90.7 cm³/mol. The van der Waals surface area contributed by atoms with Gasteiger partial charge in [-0.25, -0.2) is 0 Å². The molecule has 2 nitrogen and oxygen atoms in total. The van der Waals surface area contributed by atoms with Gasteiger partial charge in [-0.05, 0) is 42.3 Å². The molecule has 0 bridgehead atoms. The lowest BCUT2D eigenvalue weighted by atomic mass is 10.1.